The van der Waals surface area contributed by atoms with Gasteiger partial charge in [-0.05, 0) is 20.3 Å². The van der Waals surface area contributed by atoms with Gasteiger partial charge in [-0.3, -0.25) is 4.79 Å². The number of hydrogen-bond acceptors (Lipinski definition) is 3. The van der Waals surface area contributed by atoms with E-state index in [4.69, 9.17) is 9.47 Å². The lowest BCUT2D eigenvalue weighted by Gasteiger charge is -2.12. The van der Waals surface area contributed by atoms with Crippen LogP contribution in [0.5, 0.6) is 0 Å². The molecule has 1 unspecified atom stereocenters. The van der Waals surface area contributed by atoms with Gasteiger partial charge in [0.2, 0.25) is 0 Å². The Morgan fingerprint density at radius 2 is 2.07 bits per heavy atom. The van der Waals surface area contributed by atoms with E-state index in [-0.39, 0.29) is 18.5 Å². The minimum absolute atomic E-state index is 0.0144. The molecule has 14 heavy (non-hydrogen) atoms. The van der Waals surface area contributed by atoms with E-state index in [9.17, 15) is 4.79 Å². The molecule has 1 atom stereocenters. The van der Waals surface area contributed by atoms with Crippen molar-refractivity contribution in [3.8, 4) is 0 Å². The minimum atomic E-state index is 0.0144. The van der Waals surface area contributed by atoms with Crippen LogP contribution in [0.2, 0.25) is 0 Å². The van der Waals surface area contributed by atoms with Crippen LogP contribution in [0.15, 0.2) is 0 Å². The summed E-state index contributed by atoms with van der Waals surface area (Å²) in [7, 11) is 0. The first-order valence-electron chi connectivity index (χ1n) is 5.35. The van der Waals surface area contributed by atoms with E-state index >= 15 is 0 Å². The molecule has 0 N–H and O–H groups in total. The van der Waals surface area contributed by atoms with Crippen LogP contribution in [-0.4, -0.2) is 31.7 Å². The van der Waals surface area contributed by atoms with Crippen molar-refractivity contribution in [2.24, 2.45) is 0 Å². The molecular weight excluding hydrogens is 180 g/mol. The quantitative estimate of drug-likeness (QED) is 0.538. The molecule has 0 radical (unpaired) electrons. The molecule has 0 aromatic rings. The molecule has 0 aliphatic rings. The Morgan fingerprint density at radius 1 is 1.36 bits per heavy atom. The van der Waals surface area contributed by atoms with Gasteiger partial charge in [0.1, 0.15) is 6.61 Å². The average Bonchev–Trinajstić information content (AvgIpc) is 2.14. The summed E-state index contributed by atoms with van der Waals surface area (Å²) >= 11 is 0. The lowest BCUT2D eigenvalue weighted by atomic mass is 10.3. The van der Waals surface area contributed by atoms with E-state index < -0.39 is 0 Å². The second kappa shape index (κ2) is 9.16. The number of ketones is 1. The molecule has 84 valence electrons. The smallest absolute Gasteiger partial charge is 0.155 e. The number of Topliss-reactive ketones (excluding diaryl/α,β-unsaturated/α-hetero) is 1. The molecule has 0 saturated heterocycles. The molecule has 0 fully saturated rings. The molecule has 3 heteroatoms. The second-order valence-electron chi connectivity index (χ2n) is 3.61. The summed E-state index contributed by atoms with van der Waals surface area (Å²) < 4.78 is 10.6. The van der Waals surface area contributed by atoms with Crippen LogP contribution in [0, 0.1) is 0 Å². The van der Waals surface area contributed by atoms with Gasteiger partial charge in [-0.1, -0.05) is 19.8 Å². The second-order valence-corrected chi connectivity index (χ2v) is 3.61. The molecule has 0 aromatic carbocycles. The van der Waals surface area contributed by atoms with Crippen molar-refractivity contribution in [3.63, 3.8) is 0 Å². The van der Waals surface area contributed by atoms with Crippen molar-refractivity contribution < 1.29 is 14.3 Å². The van der Waals surface area contributed by atoms with Crippen LogP contribution in [0.1, 0.15) is 40.0 Å². The maximum atomic E-state index is 10.6. The highest BCUT2D eigenvalue weighted by Crippen LogP contribution is 1.97. The zero-order chi connectivity index (χ0) is 10.8. The lowest BCUT2D eigenvalue weighted by molar-refractivity contribution is -0.124. The summed E-state index contributed by atoms with van der Waals surface area (Å²) in [6.45, 7) is 7.17. The Bertz CT molecular complexity index is 145. The van der Waals surface area contributed by atoms with E-state index in [0.717, 1.165) is 13.0 Å². The molecule has 3 nitrogen and oxygen atoms in total. The molecule has 0 heterocycles. The van der Waals surface area contributed by atoms with Crippen molar-refractivity contribution in [2.45, 2.75) is 46.1 Å². The number of carbonyl (C=O) groups is 1. The Balaban J connectivity index is 3.18. The van der Waals surface area contributed by atoms with Gasteiger partial charge in [-0.15, -0.1) is 0 Å². The fourth-order valence-corrected chi connectivity index (χ4v) is 1.01. The van der Waals surface area contributed by atoms with Gasteiger partial charge < -0.3 is 9.47 Å². The maximum Gasteiger partial charge on any atom is 0.155 e. The third-order valence-electron chi connectivity index (χ3n) is 1.82. The average molecular weight is 202 g/mol. The van der Waals surface area contributed by atoms with Crippen LogP contribution in [-0.2, 0) is 14.3 Å². The highest BCUT2D eigenvalue weighted by atomic mass is 16.5. The lowest BCUT2D eigenvalue weighted by Crippen LogP contribution is -2.19. The number of carbonyl (C=O) groups excluding carboxylic acids is 1. The summed E-state index contributed by atoms with van der Waals surface area (Å²) in [4.78, 5) is 10.6. The molecule has 0 rings (SSSR count). The topological polar surface area (TPSA) is 35.5 Å². The Labute approximate surface area is 86.8 Å². The Kier molecular flexibility index (Phi) is 8.89. The zero-order valence-corrected chi connectivity index (χ0v) is 9.54. The number of ether oxygens (including phenoxy) is 2. The summed E-state index contributed by atoms with van der Waals surface area (Å²) in [5.74, 6) is 0.0582. The fourth-order valence-electron chi connectivity index (χ4n) is 1.01. The van der Waals surface area contributed by atoms with Crippen LogP contribution < -0.4 is 0 Å². The first-order chi connectivity index (χ1) is 6.66. The van der Waals surface area contributed by atoms with Crippen molar-refractivity contribution in [3.05, 3.63) is 0 Å². The first kappa shape index (κ1) is 13.6. The van der Waals surface area contributed by atoms with E-state index in [2.05, 4.69) is 6.92 Å². The summed E-state index contributed by atoms with van der Waals surface area (Å²) in [5, 5.41) is 0. The molecular formula is C11H22O3. The van der Waals surface area contributed by atoms with E-state index in [1.54, 1.807) is 0 Å². The summed E-state index contributed by atoms with van der Waals surface area (Å²) in [5.41, 5.74) is 0. The predicted molar refractivity (Wildman–Crippen MR) is 56.4 cm³/mol. The van der Waals surface area contributed by atoms with Gasteiger partial charge in [-0.2, -0.15) is 0 Å². The van der Waals surface area contributed by atoms with Crippen molar-refractivity contribution >= 4 is 5.78 Å². The van der Waals surface area contributed by atoms with Crippen LogP contribution >= 0.6 is 0 Å². The third kappa shape index (κ3) is 9.68. The van der Waals surface area contributed by atoms with E-state index in [1.807, 2.05) is 6.92 Å². The Hall–Kier alpha value is -0.410. The van der Waals surface area contributed by atoms with Gasteiger partial charge >= 0.3 is 0 Å². The highest BCUT2D eigenvalue weighted by molar-refractivity contribution is 5.76. The fraction of sp³-hybridized carbons (Fsp3) is 0.909. The van der Waals surface area contributed by atoms with Crippen molar-refractivity contribution in [2.75, 3.05) is 19.8 Å². The maximum absolute atomic E-state index is 10.6. The van der Waals surface area contributed by atoms with Gasteiger partial charge in [-0.25, -0.2) is 0 Å². The monoisotopic (exact) mass is 202 g/mol. The Morgan fingerprint density at radius 3 is 2.64 bits per heavy atom. The summed E-state index contributed by atoms with van der Waals surface area (Å²) in [6, 6.07) is 0. The standard InChI is InChI=1S/C11H22O3/c1-4-5-6-7-13-9-11(3)14-8-10(2)12/h11H,4-9H2,1-3H3. The number of unbranched alkanes of at least 4 members (excludes halogenated alkanes) is 2. The molecule has 0 bridgehead atoms. The first-order valence-corrected chi connectivity index (χ1v) is 5.35. The minimum Gasteiger partial charge on any atom is -0.379 e. The molecule has 0 amide bonds. The normalized spacial score (nSPS) is 12.8. The van der Waals surface area contributed by atoms with Crippen LogP contribution in [0.25, 0.3) is 0 Å². The van der Waals surface area contributed by atoms with Crippen LogP contribution in [0.4, 0.5) is 0 Å². The third-order valence-corrected chi connectivity index (χ3v) is 1.82. The molecule has 0 spiro atoms. The summed E-state index contributed by atoms with van der Waals surface area (Å²) in [6.07, 6.45) is 3.54. The van der Waals surface area contributed by atoms with Gasteiger partial charge in [0.25, 0.3) is 0 Å². The van der Waals surface area contributed by atoms with Gasteiger partial charge in [0.15, 0.2) is 5.78 Å². The van der Waals surface area contributed by atoms with Gasteiger partial charge in [0, 0.05) is 6.61 Å². The SMILES string of the molecule is CCCCCOCC(C)OCC(C)=O. The number of rotatable bonds is 9. The molecule has 0 saturated carbocycles. The highest BCUT2D eigenvalue weighted by Gasteiger charge is 2.03. The predicted octanol–water partition coefficient (Wildman–Crippen LogP) is 2.19. The van der Waals surface area contributed by atoms with E-state index in [0.29, 0.717) is 6.61 Å². The van der Waals surface area contributed by atoms with Crippen molar-refractivity contribution in [1.82, 2.24) is 0 Å². The molecule has 0 aromatic heterocycles. The van der Waals surface area contributed by atoms with Crippen molar-refractivity contribution in [1.29, 1.82) is 0 Å². The molecule has 0 aliphatic heterocycles. The largest absolute Gasteiger partial charge is 0.379 e. The van der Waals surface area contributed by atoms with E-state index in [1.165, 1.54) is 19.8 Å². The number of hydrogen-bond donors (Lipinski definition) is 0. The van der Waals surface area contributed by atoms with Gasteiger partial charge in [0.05, 0.1) is 12.7 Å². The van der Waals surface area contributed by atoms with Crippen LogP contribution in [0.3, 0.4) is 0 Å². The zero-order valence-electron chi connectivity index (χ0n) is 9.54. The molecule has 0 aliphatic carbocycles.